The van der Waals surface area contributed by atoms with Gasteiger partial charge in [0, 0.05) is 30.9 Å². The van der Waals surface area contributed by atoms with E-state index in [1.807, 2.05) is 11.8 Å². The number of benzene rings is 1. The molecule has 0 aliphatic heterocycles. The van der Waals surface area contributed by atoms with Gasteiger partial charge in [0.25, 0.3) is 15.8 Å². The summed E-state index contributed by atoms with van der Waals surface area (Å²) in [4.78, 5) is 15.7. The number of aromatic nitrogens is 1. The Morgan fingerprint density at radius 3 is 2.47 bits per heavy atom. The van der Waals surface area contributed by atoms with Crippen molar-refractivity contribution in [3.8, 4) is 5.75 Å². The third kappa shape index (κ3) is 8.32. The van der Waals surface area contributed by atoms with Crippen molar-refractivity contribution in [1.29, 1.82) is 0 Å². The number of phenolic OH excluding ortho intramolecular Hbond substituents is 1. The quantitative estimate of drug-likeness (QED) is 0.185. The third-order valence-corrected chi connectivity index (χ3v) is 4.66. The van der Waals surface area contributed by atoms with Gasteiger partial charge in [0.15, 0.2) is 5.82 Å². The number of rotatable bonds is 10. The average Bonchev–Trinajstić information content (AvgIpc) is 2.65. The van der Waals surface area contributed by atoms with Gasteiger partial charge in [-0.25, -0.2) is 4.98 Å². The zero-order valence-corrected chi connectivity index (χ0v) is 16.5. The van der Waals surface area contributed by atoms with Crippen molar-refractivity contribution in [3.05, 3.63) is 46.6 Å². The summed E-state index contributed by atoms with van der Waals surface area (Å²) in [5.41, 5.74) is 0.691. The zero-order chi connectivity index (χ0) is 21.4. The summed E-state index contributed by atoms with van der Waals surface area (Å²) in [6, 6.07) is 7.33. The van der Waals surface area contributed by atoms with Crippen LogP contribution < -0.4 is 4.90 Å². The van der Waals surface area contributed by atoms with E-state index in [-0.39, 0.29) is 64.7 Å². The van der Waals surface area contributed by atoms with E-state index >= 15 is 0 Å². The Kier molecular flexibility index (Phi) is 10.3. The van der Waals surface area contributed by atoms with Crippen LogP contribution >= 0.6 is 0 Å². The van der Waals surface area contributed by atoms with Crippen LogP contribution in [0.2, 0.25) is 0 Å². The number of azo groups is 1. The Morgan fingerprint density at radius 2 is 1.93 bits per heavy atom. The molecule has 0 atom stereocenters. The first-order valence-corrected chi connectivity index (χ1v) is 10.4. The van der Waals surface area contributed by atoms with Crippen LogP contribution in [0.4, 0.5) is 22.9 Å². The van der Waals surface area contributed by atoms with E-state index < -0.39 is 15.0 Å². The van der Waals surface area contributed by atoms with E-state index in [2.05, 4.69) is 15.2 Å². The molecule has 13 heteroatoms. The van der Waals surface area contributed by atoms with Crippen LogP contribution in [0.15, 0.2) is 46.8 Å². The molecular weight excluding hydrogens is 425 g/mol. The van der Waals surface area contributed by atoms with Gasteiger partial charge < -0.3 is 10.0 Å². The predicted octanol–water partition coefficient (Wildman–Crippen LogP) is 2.96. The third-order valence-electron chi connectivity index (χ3n) is 3.85. The van der Waals surface area contributed by atoms with Crippen LogP contribution in [0, 0.1) is 10.1 Å². The Balaban J connectivity index is 0.00000450. The maximum atomic E-state index is 10.9. The van der Waals surface area contributed by atoms with Crippen molar-refractivity contribution >= 4 is 62.6 Å². The second-order valence-corrected chi connectivity index (χ2v) is 7.70. The average molecular weight is 447 g/mol. The predicted molar refractivity (Wildman–Crippen MR) is 114 cm³/mol. The van der Waals surface area contributed by atoms with E-state index in [0.717, 1.165) is 12.6 Å². The van der Waals surface area contributed by atoms with Crippen molar-refractivity contribution in [2.75, 3.05) is 23.7 Å². The van der Waals surface area contributed by atoms with Gasteiger partial charge in [0.2, 0.25) is 0 Å². The molecule has 0 unspecified atom stereocenters. The SMILES string of the molecule is CCCN(CCCS(=O)(=O)O)c1ccc(N=Nc2ccc([N+](=O)[O-])cn2)c(O)c1.[NaH]. The topological polar surface area (TPSA) is 159 Å². The number of anilines is 1. The molecule has 0 amide bonds. The van der Waals surface area contributed by atoms with Crippen LogP contribution in [0.25, 0.3) is 0 Å². The fraction of sp³-hybridized carbons (Fsp3) is 0.353. The number of hydrogen-bond acceptors (Lipinski definition) is 9. The van der Waals surface area contributed by atoms with E-state index in [9.17, 15) is 23.6 Å². The first-order valence-electron chi connectivity index (χ1n) is 8.75. The number of phenols is 1. The molecule has 0 saturated heterocycles. The number of hydrogen-bond donors (Lipinski definition) is 2. The fourth-order valence-corrected chi connectivity index (χ4v) is 3.02. The van der Waals surface area contributed by atoms with Crippen LogP contribution in [-0.2, 0) is 10.1 Å². The first kappa shape index (κ1) is 25.9. The Bertz CT molecular complexity index is 985. The van der Waals surface area contributed by atoms with Gasteiger partial charge in [0.1, 0.15) is 17.6 Å². The van der Waals surface area contributed by atoms with Crippen LogP contribution in [-0.4, -0.2) is 76.4 Å². The van der Waals surface area contributed by atoms with Crippen molar-refractivity contribution < 1.29 is 23.0 Å². The van der Waals surface area contributed by atoms with E-state index in [1.54, 1.807) is 12.1 Å². The molecule has 30 heavy (non-hydrogen) atoms. The second-order valence-electron chi connectivity index (χ2n) is 6.13. The molecule has 2 N–H and O–H groups in total. The second kappa shape index (κ2) is 11.9. The minimum atomic E-state index is -4.02. The number of nitrogens with zero attached hydrogens (tertiary/aromatic N) is 5. The maximum absolute atomic E-state index is 10.9. The molecule has 0 spiro atoms. The zero-order valence-electron chi connectivity index (χ0n) is 15.7. The van der Waals surface area contributed by atoms with Gasteiger partial charge in [-0.15, -0.1) is 10.2 Å². The number of nitro groups is 1. The molecule has 2 aromatic rings. The summed E-state index contributed by atoms with van der Waals surface area (Å²) in [5, 5.41) is 28.6. The molecular formula is C17H22N5NaO6S. The Labute approximate surface area is 196 Å². The summed E-state index contributed by atoms with van der Waals surface area (Å²) < 4.78 is 30.6. The van der Waals surface area contributed by atoms with Gasteiger partial charge in [-0.1, -0.05) is 6.92 Å². The van der Waals surface area contributed by atoms with E-state index in [0.29, 0.717) is 18.8 Å². The molecule has 0 aliphatic rings. The van der Waals surface area contributed by atoms with Crippen molar-refractivity contribution in [2.24, 2.45) is 10.2 Å². The summed E-state index contributed by atoms with van der Waals surface area (Å²) in [6.45, 7) is 2.99. The molecule has 2 rings (SSSR count). The monoisotopic (exact) mass is 447 g/mol. The van der Waals surface area contributed by atoms with Crippen molar-refractivity contribution in [2.45, 2.75) is 19.8 Å². The summed E-state index contributed by atoms with van der Waals surface area (Å²) >= 11 is 0. The number of aromatic hydroxyl groups is 1. The molecule has 0 saturated carbocycles. The van der Waals surface area contributed by atoms with E-state index in [4.69, 9.17) is 4.55 Å². The number of pyridine rings is 1. The standard InChI is InChI=1S/C17H21N5O6S.Na.H/c1-2-8-21(9-3-10-29(26,27)28)13-4-6-15(16(23)11-13)19-20-17-7-5-14(12-18-17)22(24)25;;/h4-7,11-12,23H,2-3,8-10H2,1H3,(H,26,27,28);;. The van der Waals surface area contributed by atoms with E-state index in [1.165, 1.54) is 18.2 Å². The molecule has 1 aromatic heterocycles. The van der Waals surface area contributed by atoms with Crippen LogP contribution in [0.1, 0.15) is 19.8 Å². The molecule has 0 bridgehead atoms. The van der Waals surface area contributed by atoms with Crippen molar-refractivity contribution in [1.82, 2.24) is 4.98 Å². The molecule has 0 fully saturated rings. The summed E-state index contributed by atoms with van der Waals surface area (Å²) in [5.74, 6) is -0.325. The fourth-order valence-electron chi connectivity index (χ4n) is 2.52. The summed E-state index contributed by atoms with van der Waals surface area (Å²) in [7, 11) is -4.02. The molecule has 158 valence electrons. The first-order chi connectivity index (χ1) is 13.7. The van der Waals surface area contributed by atoms with Gasteiger partial charge in [-0.3, -0.25) is 14.7 Å². The van der Waals surface area contributed by atoms with Crippen molar-refractivity contribution in [3.63, 3.8) is 0 Å². The summed E-state index contributed by atoms with van der Waals surface area (Å²) in [6.07, 6.45) is 2.11. The van der Waals surface area contributed by atoms with Crippen LogP contribution in [0.3, 0.4) is 0 Å². The molecule has 1 heterocycles. The Morgan fingerprint density at radius 1 is 1.20 bits per heavy atom. The molecule has 0 aliphatic carbocycles. The van der Waals surface area contributed by atoms with Gasteiger partial charge in [0.05, 0.1) is 10.7 Å². The minimum absolute atomic E-state index is 0. The normalized spacial score (nSPS) is 11.3. The van der Waals surface area contributed by atoms with Gasteiger partial charge >= 0.3 is 29.6 Å². The van der Waals surface area contributed by atoms with Crippen LogP contribution in [0.5, 0.6) is 5.75 Å². The molecule has 0 radical (unpaired) electrons. The van der Waals surface area contributed by atoms with Gasteiger partial charge in [-0.05, 0) is 31.0 Å². The van der Waals surface area contributed by atoms with Gasteiger partial charge in [-0.2, -0.15) is 8.42 Å². The molecule has 1 aromatic carbocycles. The molecule has 11 nitrogen and oxygen atoms in total. The Hall–Kier alpha value is -2.12.